The second-order valence-electron chi connectivity index (χ2n) is 6.03. The van der Waals surface area contributed by atoms with Crippen LogP contribution in [0.5, 0.6) is 0 Å². The van der Waals surface area contributed by atoms with E-state index in [0.717, 1.165) is 35.2 Å². The molecule has 1 aromatic heterocycles. The Kier molecular flexibility index (Phi) is 4.28. The summed E-state index contributed by atoms with van der Waals surface area (Å²) in [6.45, 7) is 2.86. The van der Waals surface area contributed by atoms with E-state index in [2.05, 4.69) is 16.0 Å². The third kappa shape index (κ3) is 3.05. The maximum absolute atomic E-state index is 12.6. The lowest BCUT2D eigenvalue weighted by Crippen LogP contribution is -2.48. The molecule has 1 saturated heterocycles. The van der Waals surface area contributed by atoms with Gasteiger partial charge in [-0.15, -0.1) is 0 Å². The minimum Gasteiger partial charge on any atom is -0.366 e. The van der Waals surface area contributed by atoms with E-state index in [9.17, 15) is 4.79 Å². The number of halogens is 1. The van der Waals surface area contributed by atoms with Gasteiger partial charge in [-0.25, -0.2) is 0 Å². The number of amides is 1. The Morgan fingerprint density at radius 1 is 1.04 bits per heavy atom. The highest BCUT2D eigenvalue weighted by molar-refractivity contribution is 6.35. The molecule has 4 rings (SSSR count). The van der Waals surface area contributed by atoms with Crippen molar-refractivity contribution in [3.63, 3.8) is 0 Å². The van der Waals surface area contributed by atoms with Crippen LogP contribution in [0, 0.1) is 6.07 Å². The van der Waals surface area contributed by atoms with Gasteiger partial charge in [0, 0.05) is 49.4 Å². The van der Waals surface area contributed by atoms with Crippen LogP contribution >= 0.6 is 11.6 Å². The minimum atomic E-state index is 0.0864. The lowest BCUT2D eigenvalue weighted by atomic mass is 10.1. The van der Waals surface area contributed by atoms with Crippen molar-refractivity contribution in [2.75, 3.05) is 31.1 Å². The zero-order valence-corrected chi connectivity index (χ0v) is 14.4. The van der Waals surface area contributed by atoms with Crippen molar-refractivity contribution >= 4 is 34.1 Å². The first-order valence-electron chi connectivity index (χ1n) is 8.28. The number of pyridine rings is 1. The van der Waals surface area contributed by atoms with Crippen molar-refractivity contribution in [3.05, 3.63) is 71.4 Å². The molecular weight excluding hydrogens is 334 g/mol. The summed E-state index contributed by atoms with van der Waals surface area (Å²) in [6, 6.07) is 18.3. The van der Waals surface area contributed by atoms with Crippen molar-refractivity contribution in [3.8, 4) is 0 Å². The third-order valence-electron chi connectivity index (χ3n) is 4.53. The van der Waals surface area contributed by atoms with E-state index in [1.54, 1.807) is 12.3 Å². The van der Waals surface area contributed by atoms with Gasteiger partial charge >= 0.3 is 0 Å². The van der Waals surface area contributed by atoms with Crippen LogP contribution in [0.15, 0.2) is 54.7 Å². The molecule has 0 saturated carbocycles. The first-order chi connectivity index (χ1) is 12.2. The van der Waals surface area contributed by atoms with Gasteiger partial charge in [0.2, 0.25) is 0 Å². The third-order valence-corrected chi connectivity index (χ3v) is 4.84. The predicted octanol–water partition coefficient (Wildman–Crippen LogP) is 3.65. The summed E-state index contributed by atoms with van der Waals surface area (Å²) in [4.78, 5) is 21.2. The first-order valence-corrected chi connectivity index (χ1v) is 8.66. The van der Waals surface area contributed by atoms with Gasteiger partial charge in [0.05, 0.1) is 16.2 Å². The summed E-state index contributed by atoms with van der Waals surface area (Å²) in [5.41, 5.74) is 2.55. The number of hydrogen-bond acceptors (Lipinski definition) is 3. The van der Waals surface area contributed by atoms with Crippen LogP contribution in [0.1, 0.15) is 10.4 Å². The topological polar surface area (TPSA) is 36.4 Å². The lowest BCUT2D eigenvalue weighted by Gasteiger charge is -2.36. The fourth-order valence-corrected chi connectivity index (χ4v) is 3.41. The number of carbonyl (C=O) groups excluding carboxylic acids is 1. The number of rotatable bonds is 2. The van der Waals surface area contributed by atoms with Crippen LogP contribution in [0.4, 0.5) is 5.69 Å². The zero-order valence-electron chi connectivity index (χ0n) is 13.7. The number of anilines is 1. The number of hydrogen-bond donors (Lipinski definition) is 0. The van der Waals surface area contributed by atoms with E-state index in [1.807, 2.05) is 47.4 Å². The van der Waals surface area contributed by atoms with Gasteiger partial charge in [0.25, 0.3) is 5.91 Å². The van der Waals surface area contributed by atoms with Crippen molar-refractivity contribution in [2.45, 2.75) is 0 Å². The molecule has 125 valence electrons. The summed E-state index contributed by atoms with van der Waals surface area (Å²) in [6.07, 6.45) is 1.77. The number of fused-ring (bicyclic) bond motifs is 1. The van der Waals surface area contributed by atoms with Gasteiger partial charge in [0.1, 0.15) is 0 Å². The molecule has 0 N–H and O–H groups in total. The molecule has 0 unspecified atom stereocenters. The van der Waals surface area contributed by atoms with Crippen molar-refractivity contribution < 1.29 is 4.79 Å². The van der Waals surface area contributed by atoms with Gasteiger partial charge in [-0.05, 0) is 30.3 Å². The Morgan fingerprint density at radius 3 is 2.56 bits per heavy atom. The molecule has 0 bridgehead atoms. The van der Waals surface area contributed by atoms with Crippen LogP contribution in [-0.2, 0) is 0 Å². The monoisotopic (exact) mass is 350 g/mol. The number of piperazine rings is 1. The molecule has 2 aromatic carbocycles. The SMILES string of the molecule is O=C(c1ccccc1)N1CCN(c2[c]cc(Cl)c3cccnc23)CC1. The van der Waals surface area contributed by atoms with Gasteiger partial charge in [0.15, 0.2) is 0 Å². The fraction of sp³-hybridized carbons (Fsp3) is 0.200. The van der Waals surface area contributed by atoms with Gasteiger partial charge in [-0.2, -0.15) is 0 Å². The van der Waals surface area contributed by atoms with E-state index in [4.69, 9.17) is 11.6 Å². The van der Waals surface area contributed by atoms with Crippen LogP contribution in [-0.4, -0.2) is 42.0 Å². The van der Waals surface area contributed by atoms with Crippen LogP contribution in [0.25, 0.3) is 10.9 Å². The second-order valence-corrected chi connectivity index (χ2v) is 6.44. The predicted molar refractivity (Wildman–Crippen MR) is 100 cm³/mol. The Bertz CT molecular complexity index is 905. The van der Waals surface area contributed by atoms with E-state index in [0.29, 0.717) is 18.1 Å². The molecule has 25 heavy (non-hydrogen) atoms. The molecule has 0 spiro atoms. The average molecular weight is 351 g/mol. The summed E-state index contributed by atoms with van der Waals surface area (Å²) in [5.74, 6) is 0.0864. The first kappa shape index (κ1) is 15.9. The van der Waals surface area contributed by atoms with E-state index < -0.39 is 0 Å². The number of carbonyl (C=O) groups is 1. The minimum absolute atomic E-state index is 0.0864. The largest absolute Gasteiger partial charge is 0.366 e. The maximum atomic E-state index is 12.6. The molecule has 2 heterocycles. The quantitative estimate of drug-likeness (QED) is 0.708. The molecule has 1 aliphatic heterocycles. The molecule has 1 fully saturated rings. The van der Waals surface area contributed by atoms with Gasteiger partial charge in [-0.3, -0.25) is 9.78 Å². The average Bonchev–Trinajstić information content (AvgIpc) is 2.69. The summed E-state index contributed by atoms with van der Waals surface area (Å²) < 4.78 is 0. The normalized spacial score (nSPS) is 14.8. The van der Waals surface area contributed by atoms with Crippen LogP contribution < -0.4 is 4.90 Å². The Morgan fingerprint density at radius 2 is 1.80 bits per heavy atom. The molecule has 5 heteroatoms. The van der Waals surface area contributed by atoms with Gasteiger partial charge < -0.3 is 9.80 Å². The fourth-order valence-electron chi connectivity index (χ4n) is 3.20. The molecule has 3 aromatic rings. The highest BCUT2D eigenvalue weighted by Gasteiger charge is 2.23. The Hall–Kier alpha value is -2.59. The van der Waals surface area contributed by atoms with Crippen LogP contribution in [0.2, 0.25) is 5.02 Å². The van der Waals surface area contributed by atoms with Crippen LogP contribution in [0.3, 0.4) is 0 Å². The molecule has 4 nitrogen and oxygen atoms in total. The Labute approximate surface area is 151 Å². The van der Waals surface area contributed by atoms with E-state index >= 15 is 0 Å². The van der Waals surface area contributed by atoms with E-state index in [1.165, 1.54) is 0 Å². The number of aromatic nitrogens is 1. The standard InChI is InChI=1S/C20H17ClN3O/c21-17-8-9-18(19-16(17)7-4-10-22-19)23-11-13-24(14-12-23)20(25)15-5-2-1-3-6-15/h1-8,10H,11-14H2. The molecule has 0 atom stereocenters. The number of benzene rings is 2. The molecule has 0 aliphatic carbocycles. The molecule has 1 aliphatic rings. The number of nitrogens with zero attached hydrogens (tertiary/aromatic N) is 3. The summed E-state index contributed by atoms with van der Waals surface area (Å²) in [7, 11) is 0. The smallest absolute Gasteiger partial charge is 0.253 e. The molecule has 1 amide bonds. The van der Waals surface area contributed by atoms with Crippen molar-refractivity contribution in [2.24, 2.45) is 0 Å². The van der Waals surface area contributed by atoms with Crippen molar-refractivity contribution in [1.29, 1.82) is 0 Å². The maximum Gasteiger partial charge on any atom is 0.253 e. The molecular formula is C20H17ClN3O. The summed E-state index contributed by atoms with van der Waals surface area (Å²) in [5, 5.41) is 1.59. The summed E-state index contributed by atoms with van der Waals surface area (Å²) >= 11 is 6.26. The highest BCUT2D eigenvalue weighted by atomic mass is 35.5. The van der Waals surface area contributed by atoms with Crippen molar-refractivity contribution in [1.82, 2.24) is 9.88 Å². The van der Waals surface area contributed by atoms with Gasteiger partial charge in [-0.1, -0.05) is 29.8 Å². The lowest BCUT2D eigenvalue weighted by molar-refractivity contribution is 0.0747. The molecule has 1 radical (unpaired) electrons. The van der Waals surface area contributed by atoms with E-state index in [-0.39, 0.29) is 5.91 Å². The highest BCUT2D eigenvalue weighted by Crippen LogP contribution is 2.30. The second kappa shape index (κ2) is 6.73. The zero-order chi connectivity index (χ0) is 17.2. The Balaban J connectivity index is 1.53.